The van der Waals surface area contributed by atoms with Gasteiger partial charge in [0.2, 0.25) is 0 Å². The Labute approximate surface area is 450 Å². The lowest BCUT2D eigenvalue weighted by Crippen LogP contribution is -2.30. The Balaban J connectivity index is 4.39. The SMILES string of the molecule is CC/C=C\C/C=C\C/C=C\C/C=C\C/C=C\C/C=C\C/C=C\CCCC(=O)OCC(COC(=O)CCCCCCCCCCC)OC(=O)CCCCCCCCCC/C=C\C/C=C\C/C=C\CCCCCCC. The average molecular weight is 1010 g/mol. The first-order valence-electron chi connectivity index (χ1n) is 30.0. The summed E-state index contributed by atoms with van der Waals surface area (Å²) in [7, 11) is 0. The molecule has 0 saturated heterocycles. The Morgan fingerprint density at radius 2 is 0.548 bits per heavy atom. The van der Waals surface area contributed by atoms with Gasteiger partial charge in [0, 0.05) is 19.3 Å². The highest BCUT2D eigenvalue weighted by molar-refractivity contribution is 5.71. The van der Waals surface area contributed by atoms with E-state index in [0.717, 1.165) is 109 Å². The minimum absolute atomic E-state index is 0.101. The fraction of sp³-hybridized carbons (Fsp3) is 0.657. The molecule has 0 spiro atoms. The van der Waals surface area contributed by atoms with Crippen molar-refractivity contribution in [1.29, 1.82) is 0 Å². The predicted octanol–water partition coefficient (Wildman–Crippen LogP) is 20.4. The van der Waals surface area contributed by atoms with Crippen LogP contribution in [0, 0.1) is 0 Å². The molecule has 0 aromatic rings. The third-order valence-electron chi connectivity index (χ3n) is 12.5. The third kappa shape index (κ3) is 58.6. The molecule has 0 amide bonds. The smallest absolute Gasteiger partial charge is 0.306 e. The Bertz CT molecular complexity index is 1540. The van der Waals surface area contributed by atoms with Crippen molar-refractivity contribution in [2.45, 2.75) is 271 Å². The maximum atomic E-state index is 12.9. The van der Waals surface area contributed by atoms with Crippen LogP contribution in [0.2, 0.25) is 0 Å². The summed E-state index contributed by atoms with van der Waals surface area (Å²) in [6.45, 7) is 6.44. The van der Waals surface area contributed by atoms with Crippen LogP contribution in [0.3, 0.4) is 0 Å². The molecule has 0 bridgehead atoms. The molecule has 0 saturated carbocycles. The van der Waals surface area contributed by atoms with E-state index in [0.29, 0.717) is 19.3 Å². The Morgan fingerprint density at radius 3 is 0.890 bits per heavy atom. The van der Waals surface area contributed by atoms with Gasteiger partial charge >= 0.3 is 17.9 Å². The lowest BCUT2D eigenvalue weighted by atomic mass is 10.1. The van der Waals surface area contributed by atoms with Crippen LogP contribution < -0.4 is 0 Å². The number of unbranched alkanes of at least 4 members (excludes halogenated alkanes) is 22. The largest absolute Gasteiger partial charge is 0.462 e. The number of rotatable bonds is 53. The Morgan fingerprint density at radius 1 is 0.288 bits per heavy atom. The van der Waals surface area contributed by atoms with E-state index in [9.17, 15) is 14.4 Å². The van der Waals surface area contributed by atoms with Crippen LogP contribution in [0.25, 0.3) is 0 Å². The van der Waals surface area contributed by atoms with E-state index in [1.807, 2.05) is 0 Å². The Kier molecular flexibility index (Phi) is 56.9. The highest BCUT2D eigenvalue weighted by Crippen LogP contribution is 2.14. The fourth-order valence-corrected chi connectivity index (χ4v) is 7.97. The van der Waals surface area contributed by atoms with Crippen LogP contribution >= 0.6 is 0 Å². The second-order valence-corrected chi connectivity index (χ2v) is 19.5. The molecule has 0 aliphatic rings. The quantitative estimate of drug-likeness (QED) is 0.0261. The molecule has 0 N–H and O–H groups in total. The normalized spacial score (nSPS) is 13.0. The predicted molar refractivity (Wildman–Crippen MR) is 316 cm³/mol. The topological polar surface area (TPSA) is 78.9 Å². The number of allylic oxidation sites excluding steroid dienone is 20. The van der Waals surface area contributed by atoms with Gasteiger partial charge in [-0.1, -0.05) is 258 Å². The van der Waals surface area contributed by atoms with Crippen molar-refractivity contribution in [3.8, 4) is 0 Å². The van der Waals surface area contributed by atoms with Crippen molar-refractivity contribution in [3.05, 3.63) is 122 Å². The van der Waals surface area contributed by atoms with Gasteiger partial charge in [0.25, 0.3) is 0 Å². The van der Waals surface area contributed by atoms with Gasteiger partial charge < -0.3 is 14.2 Å². The standard InChI is InChI=1S/C67H110O6/c1-4-7-10-13-16-19-21-23-25-27-29-31-33-35-37-39-41-43-45-48-51-54-57-60-66(69)72-63-64(62-71-65(68)59-56-53-50-47-18-15-12-9-6-3)73-67(70)61-58-55-52-49-46-44-42-40-38-36-34-32-30-28-26-24-22-20-17-14-11-8-5-2/h7,10,16,19,22-25,28-31,34-37,41,43,48,51,64H,4-6,8-9,11-15,17-18,20-21,26-27,32-33,38-40,42,44-47,49-50,52-63H2,1-3H3/b10-7-,19-16-,24-22-,25-23-,30-28-,31-29-,36-34-,37-35-,43-41-,51-48-. The molecule has 1 atom stereocenters. The molecule has 0 rings (SSSR count). The van der Waals surface area contributed by atoms with Crippen LogP contribution in [-0.2, 0) is 28.6 Å². The van der Waals surface area contributed by atoms with Crippen LogP contribution in [0.15, 0.2) is 122 Å². The van der Waals surface area contributed by atoms with Crippen LogP contribution in [0.4, 0.5) is 0 Å². The van der Waals surface area contributed by atoms with Crippen molar-refractivity contribution in [2.24, 2.45) is 0 Å². The van der Waals surface area contributed by atoms with E-state index in [4.69, 9.17) is 14.2 Å². The first kappa shape index (κ1) is 68.8. The monoisotopic (exact) mass is 1010 g/mol. The molecule has 0 aliphatic heterocycles. The molecule has 0 fully saturated rings. The molecular weight excluding hydrogens is 901 g/mol. The molecule has 0 aromatic carbocycles. The van der Waals surface area contributed by atoms with Gasteiger partial charge in [0.15, 0.2) is 6.10 Å². The molecule has 6 heteroatoms. The number of esters is 3. The summed E-state index contributed by atoms with van der Waals surface area (Å²) in [5.74, 6) is -0.973. The summed E-state index contributed by atoms with van der Waals surface area (Å²) >= 11 is 0. The van der Waals surface area contributed by atoms with E-state index in [-0.39, 0.29) is 37.5 Å². The molecule has 0 aliphatic carbocycles. The highest BCUT2D eigenvalue weighted by atomic mass is 16.6. The van der Waals surface area contributed by atoms with Gasteiger partial charge in [-0.15, -0.1) is 0 Å². The van der Waals surface area contributed by atoms with Crippen molar-refractivity contribution in [2.75, 3.05) is 13.2 Å². The molecule has 414 valence electrons. The molecular formula is C67H110O6. The fourth-order valence-electron chi connectivity index (χ4n) is 7.97. The lowest BCUT2D eigenvalue weighted by Gasteiger charge is -2.18. The zero-order valence-electron chi connectivity index (χ0n) is 47.4. The van der Waals surface area contributed by atoms with Crippen molar-refractivity contribution >= 4 is 17.9 Å². The zero-order chi connectivity index (χ0) is 52.9. The first-order valence-corrected chi connectivity index (χ1v) is 30.0. The van der Waals surface area contributed by atoms with E-state index in [1.165, 1.54) is 109 Å². The van der Waals surface area contributed by atoms with Gasteiger partial charge in [-0.05, 0) is 109 Å². The van der Waals surface area contributed by atoms with Crippen molar-refractivity contribution in [1.82, 2.24) is 0 Å². The van der Waals surface area contributed by atoms with Gasteiger partial charge in [-0.2, -0.15) is 0 Å². The third-order valence-corrected chi connectivity index (χ3v) is 12.5. The maximum absolute atomic E-state index is 12.9. The molecule has 1 unspecified atom stereocenters. The van der Waals surface area contributed by atoms with E-state index in [1.54, 1.807) is 0 Å². The molecule has 0 radical (unpaired) electrons. The molecule has 6 nitrogen and oxygen atoms in total. The minimum Gasteiger partial charge on any atom is -0.462 e. The number of carbonyl (C=O) groups is 3. The van der Waals surface area contributed by atoms with Crippen LogP contribution in [-0.4, -0.2) is 37.2 Å². The summed E-state index contributed by atoms with van der Waals surface area (Å²) in [6.07, 6.45) is 83.5. The minimum atomic E-state index is -0.807. The van der Waals surface area contributed by atoms with E-state index >= 15 is 0 Å². The van der Waals surface area contributed by atoms with Gasteiger partial charge in [-0.25, -0.2) is 0 Å². The van der Waals surface area contributed by atoms with E-state index in [2.05, 4.69) is 142 Å². The van der Waals surface area contributed by atoms with Gasteiger partial charge in [0.05, 0.1) is 0 Å². The summed E-state index contributed by atoms with van der Waals surface area (Å²) < 4.78 is 16.8. The second-order valence-electron chi connectivity index (χ2n) is 19.5. The molecule has 73 heavy (non-hydrogen) atoms. The highest BCUT2D eigenvalue weighted by Gasteiger charge is 2.19. The van der Waals surface area contributed by atoms with Gasteiger partial charge in [-0.3, -0.25) is 14.4 Å². The lowest BCUT2D eigenvalue weighted by molar-refractivity contribution is -0.167. The zero-order valence-corrected chi connectivity index (χ0v) is 47.4. The van der Waals surface area contributed by atoms with Crippen molar-refractivity contribution in [3.63, 3.8) is 0 Å². The summed E-state index contributed by atoms with van der Waals surface area (Å²) in [6, 6.07) is 0. The number of carbonyl (C=O) groups excluding carboxylic acids is 3. The number of hydrogen-bond acceptors (Lipinski definition) is 6. The summed E-state index contributed by atoms with van der Waals surface area (Å²) in [5.41, 5.74) is 0. The van der Waals surface area contributed by atoms with Crippen molar-refractivity contribution < 1.29 is 28.6 Å². The van der Waals surface area contributed by atoms with Gasteiger partial charge in [0.1, 0.15) is 13.2 Å². The summed E-state index contributed by atoms with van der Waals surface area (Å²) in [4.78, 5) is 38.1. The van der Waals surface area contributed by atoms with E-state index < -0.39 is 6.10 Å². The average Bonchev–Trinajstić information content (AvgIpc) is 3.39. The number of hydrogen-bond donors (Lipinski definition) is 0. The molecule has 0 heterocycles. The number of ether oxygens (including phenoxy) is 3. The Hall–Kier alpha value is -4.19. The van der Waals surface area contributed by atoms with Crippen LogP contribution in [0.5, 0.6) is 0 Å². The second kappa shape index (κ2) is 60.4. The van der Waals surface area contributed by atoms with Crippen LogP contribution in [0.1, 0.15) is 265 Å². The summed E-state index contributed by atoms with van der Waals surface area (Å²) in [5, 5.41) is 0. The molecule has 0 aromatic heterocycles. The maximum Gasteiger partial charge on any atom is 0.306 e. The first-order chi connectivity index (χ1) is 36.0.